The molecule has 0 atom stereocenters. The van der Waals surface area contributed by atoms with Crippen LogP contribution in [-0.2, 0) is 0 Å². The summed E-state index contributed by atoms with van der Waals surface area (Å²) in [5, 5.41) is 9.99. The van der Waals surface area contributed by atoms with E-state index in [1.807, 2.05) is 6.92 Å². The number of nitrogens with two attached hydrogens (primary N) is 1. The normalized spacial score (nSPS) is 15.3. The van der Waals surface area contributed by atoms with E-state index >= 15 is 0 Å². The summed E-state index contributed by atoms with van der Waals surface area (Å²) in [6.07, 6.45) is 1.73. The lowest BCUT2D eigenvalue weighted by Gasteiger charge is -2.09. The van der Waals surface area contributed by atoms with Gasteiger partial charge in [-0.3, -0.25) is 4.99 Å². The van der Waals surface area contributed by atoms with Crippen molar-refractivity contribution >= 4 is 11.4 Å². The molecule has 1 aliphatic heterocycles. The molecule has 1 heterocycles. The summed E-state index contributed by atoms with van der Waals surface area (Å²) >= 11 is 0. The molecule has 5 nitrogen and oxygen atoms in total. The molecule has 18 heavy (non-hydrogen) atoms. The maximum atomic E-state index is 9.99. The first-order valence-electron chi connectivity index (χ1n) is 5.55. The summed E-state index contributed by atoms with van der Waals surface area (Å²) in [7, 11) is 1.55. The number of benzene rings is 1. The summed E-state index contributed by atoms with van der Waals surface area (Å²) in [6.45, 7) is 2.27. The van der Waals surface area contributed by atoms with Crippen molar-refractivity contribution in [1.82, 2.24) is 0 Å². The number of methoxy groups -OCH3 is 1. The minimum absolute atomic E-state index is 0.114. The Hall–Kier alpha value is -2.30. The second kappa shape index (κ2) is 4.91. The van der Waals surface area contributed by atoms with Crippen LogP contribution in [0.1, 0.15) is 12.5 Å². The van der Waals surface area contributed by atoms with Crippen LogP contribution in [0.25, 0.3) is 0 Å². The number of phenols is 1. The lowest BCUT2D eigenvalue weighted by atomic mass is 10.1. The standard InChI is InChI=1S/C13H15N3O2/c1-8-13(15-6-5-12(14)16-8)10-4-3-9(18-2)7-11(10)17/h3-5,7,17H,6,14H2,1-2H3. The smallest absolute Gasteiger partial charge is 0.128 e. The van der Waals surface area contributed by atoms with E-state index in [0.29, 0.717) is 35.1 Å². The molecule has 0 unspecified atom stereocenters. The predicted octanol–water partition coefficient (Wildman–Crippen LogP) is 1.46. The third-order valence-corrected chi connectivity index (χ3v) is 2.65. The first kappa shape index (κ1) is 12.2. The van der Waals surface area contributed by atoms with Gasteiger partial charge in [0, 0.05) is 11.6 Å². The van der Waals surface area contributed by atoms with E-state index < -0.39 is 0 Å². The highest BCUT2D eigenvalue weighted by atomic mass is 16.5. The first-order valence-corrected chi connectivity index (χ1v) is 5.55. The molecule has 94 valence electrons. The van der Waals surface area contributed by atoms with Crippen LogP contribution in [0.4, 0.5) is 0 Å². The van der Waals surface area contributed by atoms with Crippen molar-refractivity contribution in [1.29, 1.82) is 0 Å². The first-order chi connectivity index (χ1) is 8.61. The zero-order valence-corrected chi connectivity index (χ0v) is 10.3. The molecule has 0 amide bonds. The summed E-state index contributed by atoms with van der Waals surface area (Å²) in [5.41, 5.74) is 7.62. The summed E-state index contributed by atoms with van der Waals surface area (Å²) in [4.78, 5) is 8.57. The van der Waals surface area contributed by atoms with Gasteiger partial charge in [-0.2, -0.15) is 0 Å². The van der Waals surface area contributed by atoms with Gasteiger partial charge in [0.15, 0.2) is 0 Å². The van der Waals surface area contributed by atoms with Gasteiger partial charge in [0.1, 0.15) is 17.3 Å². The van der Waals surface area contributed by atoms with Gasteiger partial charge < -0.3 is 15.6 Å². The minimum Gasteiger partial charge on any atom is -0.507 e. The number of hydrogen-bond acceptors (Lipinski definition) is 5. The van der Waals surface area contributed by atoms with E-state index in [1.54, 1.807) is 31.4 Å². The van der Waals surface area contributed by atoms with Crippen molar-refractivity contribution in [3.8, 4) is 11.5 Å². The van der Waals surface area contributed by atoms with Crippen molar-refractivity contribution in [2.24, 2.45) is 15.7 Å². The van der Waals surface area contributed by atoms with E-state index in [1.165, 1.54) is 0 Å². The van der Waals surface area contributed by atoms with Crippen molar-refractivity contribution in [2.45, 2.75) is 6.92 Å². The SMILES string of the molecule is COc1ccc(C2=NCC=C(N)N=C2C)c(O)c1. The fourth-order valence-electron chi connectivity index (χ4n) is 1.76. The topological polar surface area (TPSA) is 80.2 Å². The number of ether oxygens (including phenoxy) is 1. The molecule has 0 saturated carbocycles. The van der Waals surface area contributed by atoms with Gasteiger partial charge in [-0.05, 0) is 25.1 Å². The molecule has 2 rings (SSSR count). The monoisotopic (exact) mass is 245 g/mol. The zero-order chi connectivity index (χ0) is 13.1. The molecule has 1 aliphatic rings. The highest BCUT2D eigenvalue weighted by Gasteiger charge is 2.14. The lowest BCUT2D eigenvalue weighted by molar-refractivity contribution is 0.407. The van der Waals surface area contributed by atoms with Crippen molar-refractivity contribution in [2.75, 3.05) is 13.7 Å². The van der Waals surface area contributed by atoms with Gasteiger partial charge >= 0.3 is 0 Å². The molecule has 0 aliphatic carbocycles. The van der Waals surface area contributed by atoms with Gasteiger partial charge in [-0.1, -0.05) is 0 Å². The Bertz CT molecular complexity index is 559. The lowest BCUT2D eigenvalue weighted by Crippen LogP contribution is -2.13. The molecule has 0 spiro atoms. The van der Waals surface area contributed by atoms with Gasteiger partial charge in [-0.15, -0.1) is 0 Å². The predicted molar refractivity (Wildman–Crippen MR) is 71.4 cm³/mol. The third-order valence-electron chi connectivity index (χ3n) is 2.65. The van der Waals surface area contributed by atoms with Gasteiger partial charge in [0.05, 0.1) is 25.1 Å². The van der Waals surface area contributed by atoms with Crippen LogP contribution in [0.15, 0.2) is 40.1 Å². The Labute approximate surface area is 105 Å². The highest BCUT2D eigenvalue weighted by molar-refractivity contribution is 6.48. The van der Waals surface area contributed by atoms with Crippen LogP contribution < -0.4 is 10.5 Å². The molecule has 1 aromatic carbocycles. The van der Waals surface area contributed by atoms with Gasteiger partial charge in [-0.25, -0.2) is 4.99 Å². The van der Waals surface area contributed by atoms with Crippen LogP contribution in [0, 0.1) is 0 Å². The van der Waals surface area contributed by atoms with E-state index in [0.717, 1.165) is 0 Å². The number of nitrogens with zero attached hydrogens (tertiary/aromatic N) is 2. The fourth-order valence-corrected chi connectivity index (χ4v) is 1.76. The number of aliphatic imine (C=N–C) groups is 2. The average molecular weight is 245 g/mol. The molecule has 0 fully saturated rings. The Morgan fingerprint density at radius 3 is 2.83 bits per heavy atom. The fraction of sp³-hybridized carbons (Fsp3) is 0.231. The molecule has 0 aromatic heterocycles. The van der Waals surface area contributed by atoms with Crippen LogP contribution in [0.5, 0.6) is 11.5 Å². The zero-order valence-electron chi connectivity index (χ0n) is 10.3. The third kappa shape index (κ3) is 2.34. The average Bonchev–Trinajstić information content (AvgIpc) is 2.50. The molecule has 5 heteroatoms. The van der Waals surface area contributed by atoms with E-state index in [-0.39, 0.29) is 5.75 Å². The second-order valence-corrected chi connectivity index (χ2v) is 3.90. The van der Waals surface area contributed by atoms with Gasteiger partial charge in [0.25, 0.3) is 0 Å². The van der Waals surface area contributed by atoms with Gasteiger partial charge in [0.2, 0.25) is 0 Å². The molecule has 0 saturated heterocycles. The van der Waals surface area contributed by atoms with Crippen LogP contribution in [0.3, 0.4) is 0 Å². The number of rotatable bonds is 2. The Morgan fingerprint density at radius 2 is 2.17 bits per heavy atom. The molecule has 0 radical (unpaired) electrons. The van der Waals surface area contributed by atoms with E-state index in [9.17, 15) is 5.11 Å². The molecule has 3 N–H and O–H groups in total. The van der Waals surface area contributed by atoms with Crippen LogP contribution in [-0.4, -0.2) is 30.2 Å². The van der Waals surface area contributed by atoms with E-state index in [2.05, 4.69) is 9.98 Å². The molecular weight excluding hydrogens is 230 g/mol. The molecule has 0 bridgehead atoms. The van der Waals surface area contributed by atoms with Crippen LogP contribution in [0.2, 0.25) is 0 Å². The summed E-state index contributed by atoms with van der Waals surface area (Å²) in [5.74, 6) is 1.15. The quantitative estimate of drug-likeness (QED) is 0.827. The molecular formula is C13H15N3O2. The Kier molecular flexibility index (Phi) is 3.32. The van der Waals surface area contributed by atoms with Crippen molar-refractivity contribution in [3.63, 3.8) is 0 Å². The highest BCUT2D eigenvalue weighted by Crippen LogP contribution is 2.25. The molecule has 1 aromatic rings. The van der Waals surface area contributed by atoms with E-state index in [4.69, 9.17) is 10.5 Å². The number of phenolic OH excluding ortho intramolecular Hbond substituents is 1. The number of hydrogen-bond donors (Lipinski definition) is 2. The Morgan fingerprint density at radius 1 is 1.39 bits per heavy atom. The number of aromatic hydroxyl groups is 1. The van der Waals surface area contributed by atoms with Crippen molar-refractivity contribution < 1.29 is 9.84 Å². The summed E-state index contributed by atoms with van der Waals surface area (Å²) < 4.78 is 5.05. The largest absolute Gasteiger partial charge is 0.507 e. The minimum atomic E-state index is 0.114. The maximum Gasteiger partial charge on any atom is 0.128 e. The summed E-state index contributed by atoms with van der Waals surface area (Å²) in [6, 6.07) is 5.08. The van der Waals surface area contributed by atoms with Crippen LogP contribution >= 0.6 is 0 Å². The maximum absolute atomic E-state index is 9.99. The second-order valence-electron chi connectivity index (χ2n) is 3.90. The Balaban J connectivity index is 2.44. The van der Waals surface area contributed by atoms with Crippen molar-refractivity contribution in [3.05, 3.63) is 35.7 Å².